The number of rotatable bonds is 11. The van der Waals surface area contributed by atoms with E-state index in [1.807, 2.05) is 0 Å². The molecule has 1 aromatic carbocycles. The lowest BCUT2D eigenvalue weighted by Crippen LogP contribution is -2.38. The molecule has 2 aromatic rings. The van der Waals surface area contributed by atoms with Gasteiger partial charge in [-0.3, -0.25) is 4.99 Å². The van der Waals surface area contributed by atoms with Crippen LogP contribution in [0.2, 0.25) is 0 Å². The molecule has 0 unspecified atom stereocenters. The summed E-state index contributed by atoms with van der Waals surface area (Å²) in [6.07, 6.45) is 6.94. The molecule has 5 heteroatoms. The molecule has 1 saturated carbocycles. The summed E-state index contributed by atoms with van der Waals surface area (Å²) in [4.78, 5) is 4.84. The van der Waals surface area contributed by atoms with E-state index in [9.17, 15) is 0 Å². The number of nitrogens with one attached hydrogen (secondary N) is 2. The molecule has 27 heavy (non-hydrogen) atoms. The van der Waals surface area contributed by atoms with Crippen molar-refractivity contribution < 1.29 is 4.74 Å². The molecule has 5 nitrogen and oxygen atoms in total. The summed E-state index contributed by atoms with van der Waals surface area (Å²) in [5.41, 5.74) is 1.70. The number of hydrogen-bond acceptors (Lipinski definition) is 2. The summed E-state index contributed by atoms with van der Waals surface area (Å²) >= 11 is 0. The number of guanidine groups is 1. The lowest BCUT2D eigenvalue weighted by atomic mass is 10.0. The number of aryl methyl sites for hydroxylation is 1. The van der Waals surface area contributed by atoms with Crippen molar-refractivity contribution >= 4 is 16.9 Å². The highest BCUT2D eigenvalue weighted by Crippen LogP contribution is 2.48. The molecule has 0 spiro atoms. The average Bonchev–Trinajstić information content (AvgIpc) is 3.34. The maximum Gasteiger partial charge on any atom is 0.191 e. The highest BCUT2D eigenvalue weighted by Gasteiger charge is 2.41. The van der Waals surface area contributed by atoms with E-state index in [0.29, 0.717) is 5.41 Å². The zero-order valence-corrected chi connectivity index (χ0v) is 16.8. The first-order chi connectivity index (χ1) is 13.3. The monoisotopic (exact) mass is 370 g/mol. The van der Waals surface area contributed by atoms with Gasteiger partial charge in [0.05, 0.1) is 0 Å². The van der Waals surface area contributed by atoms with Crippen LogP contribution in [0.4, 0.5) is 0 Å². The van der Waals surface area contributed by atoms with E-state index in [2.05, 4.69) is 65.6 Å². The Hall–Kier alpha value is -2.01. The normalized spacial score (nSPS) is 15.9. The Morgan fingerprint density at radius 1 is 1.19 bits per heavy atom. The number of aliphatic imine (C=N–C) groups is 1. The van der Waals surface area contributed by atoms with Gasteiger partial charge in [0.1, 0.15) is 0 Å². The van der Waals surface area contributed by atoms with Gasteiger partial charge in [0.25, 0.3) is 0 Å². The van der Waals surface area contributed by atoms with Crippen LogP contribution in [0.1, 0.15) is 39.5 Å². The predicted octanol–water partition coefficient (Wildman–Crippen LogP) is 3.79. The van der Waals surface area contributed by atoms with Gasteiger partial charge in [-0.2, -0.15) is 0 Å². The van der Waals surface area contributed by atoms with Crippen LogP contribution in [0.5, 0.6) is 0 Å². The first-order valence-electron chi connectivity index (χ1n) is 10.4. The smallest absolute Gasteiger partial charge is 0.191 e. The SMILES string of the molecule is CCNC(=NCC1(CCOCC)CC1)NCCCn1ccc2ccccc21. The molecular weight excluding hydrogens is 336 g/mol. The Bertz CT molecular complexity index is 733. The third-order valence-electron chi connectivity index (χ3n) is 5.40. The minimum Gasteiger partial charge on any atom is -0.382 e. The highest BCUT2D eigenvalue weighted by atomic mass is 16.5. The van der Waals surface area contributed by atoms with Gasteiger partial charge in [-0.15, -0.1) is 0 Å². The third kappa shape index (κ3) is 5.73. The standard InChI is InChI=1S/C22H34N4O/c1-3-23-21(25-18-22(11-12-22)13-17-27-4-2)24-14-7-15-26-16-10-19-8-5-6-9-20(19)26/h5-6,8-10,16H,3-4,7,11-15,17-18H2,1-2H3,(H2,23,24,25). The zero-order valence-electron chi connectivity index (χ0n) is 16.8. The number of benzene rings is 1. The topological polar surface area (TPSA) is 50.6 Å². The zero-order chi connectivity index (χ0) is 19.0. The second-order valence-electron chi connectivity index (χ2n) is 7.49. The van der Waals surface area contributed by atoms with Crippen molar-refractivity contribution in [3.8, 4) is 0 Å². The van der Waals surface area contributed by atoms with E-state index in [0.717, 1.165) is 58.2 Å². The van der Waals surface area contributed by atoms with Crippen LogP contribution in [-0.4, -0.2) is 43.4 Å². The maximum absolute atomic E-state index is 5.53. The second-order valence-corrected chi connectivity index (χ2v) is 7.49. The minimum atomic E-state index is 0.390. The van der Waals surface area contributed by atoms with Crippen LogP contribution < -0.4 is 10.6 Å². The van der Waals surface area contributed by atoms with E-state index in [1.165, 1.54) is 23.7 Å². The van der Waals surface area contributed by atoms with E-state index in [1.54, 1.807) is 0 Å². The first-order valence-corrected chi connectivity index (χ1v) is 10.4. The molecule has 0 radical (unpaired) electrons. The molecule has 148 valence electrons. The molecule has 0 amide bonds. The summed E-state index contributed by atoms with van der Waals surface area (Å²) < 4.78 is 7.85. The molecule has 1 aromatic heterocycles. The molecule has 0 aliphatic heterocycles. The quantitative estimate of drug-likeness (QED) is 0.359. The molecule has 1 heterocycles. The summed E-state index contributed by atoms with van der Waals surface area (Å²) in [5, 5.41) is 8.18. The lowest BCUT2D eigenvalue weighted by molar-refractivity contribution is 0.129. The fraction of sp³-hybridized carbons (Fsp3) is 0.591. The van der Waals surface area contributed by atoms with Crippen molar-refractivity contribution in [2.75, 3.05) is 32.8 Å². The summed E-state index contributed by atoms with van der Waals surface area (Å²) in [7, 11) is 0. The number of hydrogen-bond donors (Lipinski definition) is 2. The van der Waals surface area contributed by atoms with Gasteiger partial charge in [0.2, 0.25) is 0 Å². The van der Waals surface area contributed by atoms with Crippen molar-refractivity contribution in [3.05, 3.63) is 36.5 Å². The lowest BCUT2D eigenvalue weighted by Gasteiger charge is -2.15. The third-order valence-corrected chi connectivity index (χ3v) is 5.40. The van der Waals surface area contributed by atoms with Crippen molar-refractivity contribution in [3.63, 3.8) is 0 Å². The Morgan fingerprint density at radius 2 is 2.04 bits per heavy atom. The molecule has 0 saturated heterocycles. The molecule has 0 bridgehead atoms. The molecule has 1 aliphatic rings. The van der Waals surface area contributed by atoms with Gasteiger partial charge in [-0.05, 0) is 62.5 Å². The van der Waals surface area contributed by atoms with Crippen LogP contribution >= 0.6 is 0 Å². The van der Waals surface area contributed by atoms with Crippen LogP contribution in [0.15, 0.2) is 41.5 Å². The van der Waals surface area contributed by atoms with Crippen molar-refractivity contribution in [2.45, 2.75) is 46.1 Å². The number of ether oxygens (including phenoxy) is 1. The van der Waals surface area contributed by atoms with Gasteiger partial charge in [0, 0.05) is 51.1 Å². The largest absolute Gasteiger partial charge is 0.382 e. The van der Waals surface area contributed by atoms with Gasteiger partial charge in [-0.1, -0.05) is 18.2 Å². The molecule has 1 fully saturated rings. The Balaban J connectivity index is 1.44. The van der Waals surface area contributed by atoms with E-state index < -0.39 is 0 Å². The first kappa shape index (κ1) is 19.7. The van der Waals surface area contributed by atoms with E-state index >= 15 is 0 Å². The van der Waals surface area contributed by atoms with Gasteiger partial charge < -0.3 is 19.9 Å². The molecule has 2 N–H and O–H groups in total. The summed E-state index contributed by atoms with van der Waals surface area (Å²) in [6.45, 7) is 9.56. The summed E-state index contributed by atoms with van der Waals surface area (Å²) in [5.74, 6) is 0.942. The van der Waals surface area contributed by atoms with Gasteiger partial charge >= 0.3 is 0 Å². The average molecular weight is 371 g/mol. The minimum absolute atomic E-state index is 0.390. The highest BCUT2D eigenvalue weighted by molar-refractivity contribution is 5.80. The van der Waals surface area contributed by atoms with E-state index in [-0.39, 0.29) is 0 Å². The fourth-order valence-electron chi connectivity index (χ4n) is 3.48. The number of fused-ring (bicyclic) bond motifs is 1. The molecule has 1 aliphatic carbocycles. The van der Waals surface area contributed by atoms with E-state index in [4.69, 9.17) is 9.73 Å². The van der Waals surface area contributed by atoms with Gasteiger partial charge in [-0.25, -0.2) is 0 Å². The van der Waals surface area contributed by atoms with Crippen LogP contribution in [0.25, 0.3) is 10.9 Å². The number of nitrogens with zero attached hydrogens (tertiary/aromatic N) is 2. The Kier molecular flexibility index (Phi) is 7.16. The van der Waals surface area contributed by atoms with Crippen LogP contribution in [-0.2, 0) is 11.3 Å². The Morgan fingerprint density at radius 3 is 2.81 bits per heavy atom. The Labute approximate surface area is 163 Å². The fourth-order valence-corrected chi connectivity index (χ4v) is 3.48. The van der Waals surface area contributed by atoms with Crippen molar-refractivity contribution in [2.24, 2.45) is 10.4 Å². The van der Waals surface area contributed by atoms with Crippen molar-refractivity contribution in [1.29, 1.82) is 0 Å². The number of para-hydroxylation sites is 1. The van der Waals surface area contributed by atoms with Crippen LogP contribution in [0, 0.1) is 5.41 Å². The molecular formula is C22H34N4O. The predicted molar refractivity (Wildman–Crippen MR) is 113 cm³/mol. The van der Waals surface area contributed by atoms with Crippen LogP contribution in [0.3, 0.4) is 0 Å². The molecule has 3 rings (SSSR count). The number of aromatic nitrogens is 1. The second kappa shape index (κ2) is 9.79. The maximum atomic E-state index is 5.53. The molecule has 0 atom stereocenters. The van der Waals surface area contributed by atoms with Gasteiger partial charge in [0.15, 0.2) is 5.96 Å². The summed E-state index contributed by atoms with van der Waals surface area (Å²) in [6, 6.07) is 10.7. The van der Waals surface area contributed by atoms with Crippen molar-refractivity contribution in [1.82, 2.24) is 15.2 Å².